The summed E-state index contributed by atoms with van der Waals surface area (Å²) in [5.74, 6) is 1.37. The largest absolute Gasteiger partial charge is 0.493 e. The Kier molecular flexibility index (Phi) is 7.33. The molecule has 0 heterocycles. The highest BCUT2D eigenvalue weighted by atomic mass is 16.5. The van der Waals surface area contributed by atoms with Crippen molar-refractivity contribution in [2.75, 3.05) is 19.5 Å². The number of hydrogen-bond donors (Lipinski definition) is 1. The van der Waals surface area contributed by atoms with E-state index in [4.69, 9.17) is 14.2 Å². The van der Waals surface area contributed by atoms with Gasteiger partial charge in [0.05, 0.1) is 14.2 Å². The van der Waals surface area contributed by atoms with Crippen molar-refractivity contribution in [3.05, 3.63) is 89.0 Å². The van der Waals surface area contributed by atoms with Gasteiger partial charge in [0.25, 0.3) is 0 Å². The molecule has 0 saturated carbocycles. The van der Waals surface area contributed by atoms with E-state index in [-0.39, 0.29) is 5.91 Å². The average molecular weight is 418 g/mol. The molecule has 3 rings (SSSR count). The monoisotopic (exact) mass is 417 g/mol. The lowest BCUT2D eigenvalue weighted by molar-refractivity contribution is -0.111. The molecule has 3 aromatic carbocycles. The van der Waals surface area contributed by atoms with Gasteiger partial charge in [-0.3, -0.25) is 4.79 Å². The summed E-state index contributed by atoms with van der Waals surface area (Å²) in [6, 6.07) is 19.3. The molecule has 0 spiro atoms. The van der Waals surface area contributed by atoms with Crippen molar-refractivity contribution >= 4 is 17.7 Å². The van der Waals surface area contributed by atoms with Crippen molar-refractivity contribution in [1.29, 1.82) is 0 Å². The summed E-state index contributed by atoms with van der Waals surface area (Å²) in [6.07, 6.45) is 3.19. The standard InChI is InChI=1S/C26H27NO4/c1-18-10-12-22(14-19(18)2)27-25(28)13-11-21-15-23(29-3)26(24(16-21)30-4)31-17-20-8-6-5-7-9-20/h5-16H,17H2,1-4H3,(H,27,28). The van der Waals surface area contributed by atoms with E-state index in [0.717, 1.165) is 22.4 Å². The van der Waals surface area contributed by atoms with Crippen LogP contribution in [0.4, 0.5) is 5.69 Å². The molecule has 5 heteroatoms. The number of carbonyl (C=O) groups is 1. The van der Waals surface area contributed by atoms with Gasteiger partial charge in [0.1, 0.15) is 6.61 Å². The molecular weight excluding hydrogens is 390 g/mol. The van der Waals surface area contributed by atoms with Crippen LogP contribution in [0, 0.1) is 13.8 Å². The Morgan fingerprint density at radius 1 is 0.903 bits per heavy atom. The van der Waals surface area contributed by atoms with E-state index < -0.39 is 0 Å². The van der Waals surface area contributed by atoms with Crippen LogP contribution in [-0.2, 0) is 11.4 Å². The molecule has 5 nitrogen and oxygen atoms in total. The summed E-state index contributed by atoms with van der Waals surface area (Å²) in [5.41, 5.74) is 4.87. The maximum atomic E-state index is 12.3. The Morgan fingerprint density at radius 3 is 2.19 bits per heavy atom. The van der Waals surface area contributed by atoms with Crippen LogP contribution in [0.2, 0.25) is 0 Å². The lowest BCUT2D eigenvalue weighted by Crippen LogP contribution is -2.08. The van der Waals surface area contributed by atoms with Gasteiger partial charge in [-0.05, 0) is 66.4 Å². The zero-order chi connectivity index (χ0) is 22.2. The highest BCUT2D eigenvalue weighted by Gasteiger charge is 2.14. The molecule has 0 aliphatic rings. The lowest BCUT2D eigenvalue weighted by atomic mass is 10.1. The first-order valence-electron chi connectivity index (χ1n) is 9.99. The summed E-state index contributed by atoms with van der Waals surface area (Å²) < 4.78 is 17.0. The highest BCUT2D eigenvalue weighted by Crippen LogP contribution is 2.39. The number of amides is 1. The number of benzene rings is 3. The summed E-state index contributed by atoms with van der Waals surface area (Å²) >= 11 is 0. The Hall–Kier alpha value is -3.73. The number of hydrogen-bond acceptors (Lipinski definition) is 4. The molecule has 0 bridgehead atoms. The molecule has 0 atom stereocenters. The predicted molar refractivity (Wildman–Crippen MR) is 124 cm³/mol. The Morgan fingerprint density at radius 2 is 1.58 bits per heavy atom. The average Bonchev–Trinajstić information content (AvgIpc) is 2.79. The van der Waals surface area contributed by atoms with Crippen molar-refractivity contribution in [1.82, 2.24) is 0 Å². The van der Waals surface area contributed by atoms with Crippen molar-refractivity contribution in [2.24, 2.45) is 0 Å². The smallest absolute Gasteiger partial charge is 0.248 e. The van der Waals surface area contributed by atoms with E-state index in [1.54, 1.807) is 20.3 Å². The van der Waals surface area contributed by atoms with E-state index in [1.807, 2.05) is 74.5 Å². The quantitative estimate of drug-likeness (QED) is 0.488. The van der Waals surface area contributed by atoms with Crippen molar-refractivity contribution in [2.45, 2.75) is 20.5 Å². The fourth-order valence-electron chi connectivity index (χ4n) is 3.04. The number of ether oxygens (including phenoxy) is 3. The van der Waals surface area contributed by atoms with Crippen LogP contribution < -0.4 is 19.5 Å². The third-order valence-electron chi connectivity index (χ3n) is 4.91. The summed E-state index contributed by atoms with van der Waals surface area (Å²) in [7, 11) is 3.15. The fourth-order valence-corrected chi connectivity index (χ4v) is 3.04. The maximum Gasteiger partial charge on any atom is 0.248 e. The first kappa shape index (κ1) is 22.0. The van der Waals surface area contributed by atoms with Crippen LogP contribution in [0.1, 0.15) is 22.3 Å². The van der Waals surface area contributed by atoms with Crippen molar-refractivity contribution in [3.8, 4) is 17.2 Å². The van der Waals surface area contributed by atoms with Gasteiger partial charge in [-0.15, -0.1) is 0 Å². The molecule has 1 N–H and O–H groups in total. The van der Waals surface area contributed by atoms with Gasteiger partial charge in [-0.25, -0.2) is 0 Å². The minimum atomic E-state index is -0.217. The van der Waals surface area contributed by atoms with E-state index in [1.165, 1.54) is 11.6 Å². The Balaban J connectivity index is 1.74. The second-order valence-corrected chi connectivity index (χ2v) is 7.15. The van der Waals surface area contributed by atoms with E-state index >= 15 is 0 Å². The van der Waals surface area contributed by atoms with Crippen LogP contribution in [-0.4, -0.2) is 20.1 Å². The molecule has 0 aliphatic carbocycles. The number of carbonyl (C=O) groups excluding carboxylic acids is 1. The van der Waals surface area contributed by atoms with Crippen molar-refractivity contribution < 1.29 is 19.0 Å². The van der Waals surface area contributed by atoms with E-state index in [0.29, 0.717) is 23.9 Å². The van der Waals surface area contributed by atoms with Gasteiger partial charge in [-0.2, -0.15) is 0 Å². The second kappa shape index (κ2) is 10.3. The van der Waals surface area contributed by atoms with Crippen LogP contribution in [0.5, 0.6) is 17.2 Å². The van der Waals surface area contributed by atoms with Gasteiger partial charge in [0.2, 0.25) is 11.7 Å². The van der Waals surface area contributed by atoms with Gasteiger partial charge in [-0.1, -0.05) is 36.4 Å². The van der Waals surface area contributed by atoms with Gasteiger partial charge in [0, 0.05) is 11.8 Å². The fraction of sp³-hybridized carbons (Fsp3) is 0.192. The molecule has 1 amide bonds. The minimum absolute atomic E-state index is 0.217. The molecular formula is C26H27NO4. The Bertz CT molecular complexity index is 1050. The topological polar surface area (TPSA) is 56.8 Å². The van der Waals surface area contributed by atoms with Crippen LogP contribution in [0.15, 0.2) is 66.7 Å². The van der Waals surface area contributed by atoms with Crippen LogP contribution in [0.3, 0.4) is 0 Å². The molecule has 0 fully saturated rings. The Labute approximate surface area is 183 Å². The van der Waals surface area contributed by atoms with Crippen LogP contribution in [0.25, 0.3) is 6.08 Å². The number of aryl methyl sites for hydroxylation is 2. The number of anilines is 1. The van der Waals surface area contributed by atoms with Gasteiger partial charge in [0.15, 0.2) is 11.5 Å². The normalized spacial score (nSPS) is 10.7. The van der Waals surface area contributed by atoms with Gasteiger partial charge < -0.3 is 19.5 Å². The molecule has 0 unspecified atom stereocenters. The molecule has 0 aromatic heterocycles. The predicted octanol–water partition coefficient (Wildman–Crippen LogP) is 5.55. The zero-order valence-electron chi connectivity index (χ0n) is 18.3. The summed E-state index contributed by atoms with van der Waals surface area (Å²) in [6.45, 7) is 4.44. The maximum absolute atomic E-state index is 12.3. The first-order chi connectivity index (χ1) is 15.0. The van der Waals surface area contributed by atoms with Crippen molar-refractivity contribution in [3.63, 3.8) is 0 Å². The van der Waals surface area contributed by atoms with E-state index in [9.17, 15) is 4.79 Å². The minimum Gasteiger partial charge on any atom is -0.493 e. The van der Waals surface area contributed by atoms with E-state index in [2.05, 4.69) is 5.32 Å². The molecule has 160 valence electrons. The molecule has 0 saturated heterocycles. The molecule has 0 radical (unpaired) electrons. The third-order valence-corrected chi connectivity index (χ3v) is 4.91. The second-order valence-electron chi connectivity index (χ2n) is 7.15. The van der Waals surface area contributed by atoms with Crippen LogP contribution >= 0.6 is 0 Å². The van der Waals surface area contributed by atoms with Gasteiger partial charge >= 0.3 is 0 Å². The summed E-state index contributed by atoms with van der Waals surface area (Å²) in [5, 5.41) is 2.87. The summed E-state index contributed by atoms with van der Waals surface area (Å²) in [4.78, 5) is 12.3. The molecule has 31 heavy (non-hydrogen) atoms. The number of nitrogens with one attached hydrogen (secondary N) is 1. The SMILES string of the molecule is COc1cc(C=CC(=O)Nc2ccc(C)c(C)c2)cc(OC)c1OCc1ccccc1. The number of rotatable bonds is 8. The highest BCUT2D eigenvalue weighted by molar-refractivity contribution is 6.02. The zero-order valence-corrected chi connectivity index (χ0v) is 18.3. The lowest BCUT2D eigenvalue weighted by Gasteiger charge is -2.15. The first-order valence-corrected chi connectivity index (χ1v) is 9.99. The molecule has 0 aliphatic heterocycles. The number of methoxy groups -OCH3 is 2. The molecule has 3 aromatic rings. The third kappa shape index (κ3) is 5.89.